The molecule has 7 heteroatoms. The molecule has 14 heavy (non-hydrogen) atoms. The van der Waals surface area contributed by atoms with Crippen LogP contribution in [0.15, 0.2) is 8.68 Å². The van der Waals surface area contributed by atoms with Crippen LogP contribution in [0.5, 0.6) is 0 Å². The van der Waals surface area contributed by atoms with E-state index in [2.05, 4.69) is 19.6 Å². The fourth-order valence-corrected chi connectivity index (χ4v) is 3.54. The Morgan fingerprint density at radius 3 is 2.71 bits per heavy atom. The first kappa shape index (κ1) is 10.0. The Bertz CT molecular complexity index is 422. The third kappa shape index (κ3) is 2.28. The Kier molecular flexibility index (Phi) is 3.09. The first-order chi connectivity index (χ1) is 6.78. The standard InChI is InChI=1S/C7H8N4S3/c1-3-5-8-6(14-11-5)13-7-10-9-4(2)12-7/h3H2,1-2H3. The van der Waals surface area contributed by atoms with Gasteiger partial charge in [-0.25, -0.2) is 4.98 Å². The van der Waals surface area contributed by atoms with E-state index in [9.17, 15) is 0 Å². The zero-order chi connectivity index (χ0) is 9.97. The number of rotatable bonds is 3. The number of aromatic nitrogens is 4. The molecule has 4 nitrogen and oxygen atoms in total. The highest BCUT2D eigenvalue weighted by atomic mass is 32.2. The van der Waals surface area contributed by atoms with E-state index >= 15 is 0 Å². The Labute approximate surface area is 94.0 Å². The zero-order valence-corrected chi connectivity index (χ0v) is 10.2. The summed E-state index contributed by atoms with van der Waals surface area (Å²) in [6.45, 7) is 3.99. The van der Waals surface area contributed by atoms with Crippen molar-refractivity contribution in [2.45, 2.75) is 28.9 Å². The van der Waals surface area contributed by atoms with Gasteiger partial charge in [-0.3, -0.25) is 0 Å². The van der Waals surface area contributed by atoms with Gasteiger partial charge in [0.15, 0.2) is 8.68 Å². The smallest absolute Gasteiger partial charge is 0.181 e. The molecule has 0 aliphatic rings. The van der Waals surface area contributed by atoms with Crippen molar-refractivity contribution < 1.29 is 0 Å². The van der Waals surface area contributed by atoms with Gasteiger partial charge in [-0.2, -0.15) is 4.37 Å². The summed E-state index contributed by atoms with van der Waals surface area (Å²) in [4.78, 5) is 4.34. The number of hydrogen-bond acceptors (Lipinski definition) is 7. The topological polar surface area (TPSA) is 51.6 Å². The van der Waals surface area contributed by atoms with Gasteiger partial charge in [-0.1, -0.05) is 18.3 Å². The maximum absolute atomic E-state index is 4.34. The first-order valence-corrected chi connectivity index (χ1v) is 6.49. The fraction of sp³-hybridized carbons (Fsp3) is 0.429. The van der Waals surface area contributed by atoms with Crippen LogP contribution < -0.4 is 0 Å². The lowest BCUT2D eigenvalue weighted by molar-refractivity contribution is 0.964. The molecule has 2 heterocycles. The van der Waals surface area contributed by atoms with Crippen molar-refractivity contribution in [3.8, 4) is 0 Å². The minimum Gasteiger partial charge on any atom is -0.213 e. The molecule has 74 valence electrons. The van der Waals surface area contributed by atoms with Gasteiger partial charge in [0.25, 0.3) is 0 Å². The molecule has 0 radical (unpaired) electrons. The van der Waals surface area contributed by atoms with Gasteiger partial charge in [-0.15, -0.1) is 10.2 Å². The summed E-state index contributed by atoms with van der Waals surface area (Å²) < 4.78 is 6.08. The monoisotopic (exact) mass is 244 g/mol. The van der Waals surface area contributed by atoms with Crippen LogP contribution in [-0.2, 0) is 6.42 Å². The van der Waals surface area contributed by atoms with Gasteiger partial charge in [0, 0.05) is 6.42 Å². The van der Waals surface area contributed by atoms with Crippen LogP contribution in [0.3, 0.4) is 0 Å². The fourth-order valence-electron chi connectivity index (χ4n) is 0.817. The molecule has 0 aromatic carbocycles. The molecule has 0 N–H and O–H groups in total. The molecular weight excluding hydrogens is 236 g/mol. The maximum atomic E-state index is 4.34. The maximum Gasteiger partial charge on any atom is 0.181 e. The highest BCUT2D eigenvalue weighted by Crippen LogP contribution is 2.30. The second kappa shape index (κ2) is 4.33. The van der Waals surface area contributed by atoms with Gasteiger partial charge in [0.2, 0.25) is 0 Å². The lowest BCUT2D eigenvalue weighted by Crippen LogP contribution is -1.80. The van der Waals surface area contributed by atoms with Crippen molar-refractivity contribution in [2.24, 2.45) is 0 Å². The number of nitrogens with zero attached hydrogens (tertiary/aromatic N) is 4. The highest BCUT2D eigenvalue weighted by Gasteiger charge is 2.07. The molecule has 0 saturated heterocycles. The van der Waals surface area contributed by atoms with Crippen LogP contribution in [0, 0.1) is 6.92 Å². The zero-order valence-electron chi connectivity index (χ0n) is 7.72. The summed E-state index contributed by atoms with van der Waals surface area (Å²) in [5, 5.41) is 8.94. The predicted molar refractivity (Wildman–Crippen MR) is 58.1 cm³/mol. The molecule has 0 aliphatic carbocycles. The summed E-state index contributed by atoms with van der Waals surface area (Å²) in [7, 11) is 0. The van der Waals surface area contributed by atoms with Gasteiger partial charge in [-0.05, 0) is 30.2 Å². The molecule has 0 unspecified atom stereocenters. The summed E-state index contributed by atoms with van der Waals surface area (Å²) in [6.07, 6.45) is 0.881. The summed E-state index contributed by atoms with van der Waals surface area (Å²) in [5.74, 6) is 0.902. The van der Waals surface area contributed by atoms with Crippen molar-refractivity contribution >= 4 is 34.6 Å². The van der Waals surface area contributed by atoms with E-state index in [0.717, 1.165) is 25.9 Å². The number of aryl methyl sites for hydroxylation is 2. The van der Waals surface area contributed by atoms with Gasteiger partial charge >= 0.3 is 0 Å². The minimum atomic E-state index is 0.881. The quantitative estimate of drug-likeness (QED) is 0.830. The molecule has 0 aliphatic heterocycles. The summed E-state index contributed by atoms with van der Waals surface area (Å²) in [6, 6.07) is 0. The van der Waals surface area contributed by atoms with Crippen LogP contribution in [0.1, 0.15) is 17.8 Å². The average molecular weight is 244 g/mol. The molecule has 2 aromatic rings. The lowest BCUT2D eigenvalue weighted by Gasteiger charge is -1.85. The Morgan fingerprint density at radius 1 is 1.29 bits per heavy atom. The Morgan fingerprint density at radius 2 is 2.14 bits per heavy atom. The molecule has 2 rings (SSSR count). The molecule has 0 bridgehead atoms. The van der Waals surface area contributed by atoms with Crippen molar-refractivity contribution in [1.29, 1.82) is 0 Å². The van der Waals surface area contributed by atoms with E-state index < -0.39 is 0 Å². The van der Waals surface area contributed by atoms with Crippen molar-refractivity contribution in [3.63, 3.8) is 0 Å². The first-order valence-electron chi connectivity index (χ1n) is 4.08. The van der Waals surface area contributed by atoms with Crippen molar-refractivity contribution in [1.82, 2.24) is 19.6 Å². The van der Waals surface area contributed by atoms with Crippen LogP contribution in [0.2, 0.25) is 0 Å². The van der Waals surface area contributed by atoms with Crippen LogP contribution in [0.25, 0.3) is 0 Å². The Balaban J connectivity index is 2.10. The third-order valence-electron chi connectivity index (χ3n) is 1.45. The second-order valence-electron chi connectivity index (χ2n) is 2.52. The van der Waals surface area contributed by atoms with Gasteiger partial charge < -0.3 is 0 Å². The highest BCUT2D eigenvalue weighted by molar-refractivity contribution is 8.02. The molecule has 2 aromatic heterocycles. The second-order valence-corrected chi connectivity index (χ2v) is 5.95. The van der Waals surface area contributed by atoms with Crippen LogP contribution in [0.4, 0.5) is 0 Å². The normalized spacial score (nSPS) is 10.7. The van der Waals surface area contributed by atoms with E-state index in [1.165, 1.54) is 23.3 Å². The van der Waals surface area contributed by atoms with E-state index in [1.54, 1.807) is 11.3 Å². The van der Waals surface area contributed by atoms with Crippen LogP contribution >= 0.6 is 34.6 Å². The van der Waals surface area contributed by atoms with Gasteiger partial charge in [0.05, 0.1) is 0 Å². The third-order valence-corrected chi connectivity index (χ3v) is 4.13. The van der Waals surface area contributed by atoms with E-state index in [4.69, 9.17) is 0 Å². The van der Waals surface area contributed by atoms with Crippen molar-refractivity contribution in [3.05, 3.63) is 10.8 Å². The van der Waals surface area contributed by atoms with Crippen LogP contribution in [-0.4, -0.2) is 19.6 Å². The molecule has 0 saturated carbocycles. The molecular formula is C7H8N4S3. The molecule has 0 spiro atoms. The molecule has 0 atom stereocenters. The summed E-state index contributed by atoms with van der Waals surface area (Å²) >= 11 is 4.53. The Hall–Kier alpha value is -0.530. The molecule has 0 fully saturated rings. The van der Waals surface area contributed by atoms with E-state index in [1.807, 2.05) is 13.8 Å². The number of hydrogen-bond donors (Lipinski definition) is 0. The SMILES string of the molecule is CCc1nsc(Sc2nnc(C)s2)n1. The average Bonchev–Trinajstić information content (AvgIpc) is 2.76. The van der Waals surface area contributed by atoms with E-state index in [-0.39, 0.29) is 0 Å². The minimum absolute atomic E-state index is 0.881. The van der Waals surface area contributed by atoms with E-state index in [0.29, 0.717) is 0 Å². The summed E-state index contributed by atoms with van der Waals surface area (Å²) in [5.41, 5.74) is 0. The lowest BCUT2D eigenvalue weighted by atomic mass is 10.5. The predicted octanol–water partition coefficient (Wildman–Crippen LogP) is 2.41. The van der Waals surface area contributed by atoms with Gasteiger partial charge in [0.1, 0.15) is 10.8 Å². The molecule has 0 amide bonds. The largest absolute Gasteiger partial charge is 0.213 e. The van der Waals surface area contributed by atoms with Crippen molar-refractivity contribution in [2.75, 3.05) is 0 Å².